The number of nitrogens with zero attached hydrogens (tertiary/aromatic N) is 5. The van der Waals surface area contributed by atoms with E-state index in [1.165, 1.54) is 11.3 Å². The monoisotopic (exact) mass is 305 g/mol. The lowest BCUT2D eigenvalue weighted by Gasteiger charge is -2.39. The third-order valence-electron chi connectivity index (χ3n) is 4.05. The van der Waals surface area contributed by atoms with Gasteiger partial charge in [0.05, 0.1) is 16.9 Å². The third kappa shape index (κ3) is 3.70. The summed E-state index contributed by atoms with van der Waals surface area (Å²) in [5.41, 5.74) is 2.51. The second kappa shape index (κ2) is 6.25. The minimum absolute atomic E-state index is 0.568. The van der Waals surface area contributed by atoms with E-state index in [4.69, 9.17) is 0 Å². The van der Waals surface area contributed by atoms with Crippen molar-refractivity contribution in [3.05, 3.63) is 34.0 Å². The number of rotatable bonds is 4. The minimum atomic E-state index is 0.568. The zero-order valence-corrected chi connectivity index (χ0v) is 13.8. The van der Waals surface area contributed by atoms with Gasteiger partial charge in [-0.05, 0) is 13.8 Å². The molecule has 2 aromatic rings. The number of aromatic nitrogens is 3. The van der Waals surface area contributed by atoms with E-state index in [0.29, 0.717) is 6.04 Å². The summed E-state index contributed by atoms with van der Waals surface area (Å²) in [6.45, 7) is 9.70. The first kappa shape index (κ1) is 14.7. The first-order valence-electron chi connectivity index (χ1n) is 7.45. The Hall–Kier alpha value is -1.24. The highest BCUT2D eigenvalue weighted by molar-refractivity contribution is 7.09. The van der Waals surface area contributed by atoms with E-state index < -0.39 is 0 Å². The van der Waals surface area contributed by atoms with E-state index in [2.05, 4.69) is 45.3 Å². The van der Waals surface area contributed by atoms with Gasteiger partial charge in [0.15, 0.2) is 0 Å². The van der Waals surface area contributed by atoms with Gasteiger partial charge in [-0.2, -0.15) is 5.10 Å². The van der Waals surface area contributed by atoms with E-state index in [9.17, 15) is 0 Å². The van der Waals surface area contributed by atoms with Crippen LogP contribution in [-0.2, 0) is 20.1 Å². The normalized spacial score (nSPS) is 21.0. The molecule has 0 N–H and O–H groups in total. The van der Waals surface area contributed by atoms with Crippen molar-refractivity contribution in [3.63, 3.8) is 0 Å². The molecular weight excluding hydrogens is 282 g/mol. The zero-order chi connectivity index (χ0) is 14.8. The van der Waals surface area contributed by atoms with Gasteiger partial charge in [0, 0.05) is 63.0 Å². The second-order valence-electron chi connectivity index (χ2n) is 5.93. The molecule has 0 aromatic carbocycles. The van der Waals surface area contributed by atoms with Crippen LogP contribution in [0.25, 0.3) is 0 Å². The maximum absolute atomic E-state index is 4.57. The zero-order valence-electron chi connectivity index (χ0n) is 13.0. The molecule has 21 heavy (non-hydrogen) atoms. The van der Waals surface area contributed by atoms with Gasteiger partial charge >= 0.3 is 0 Å². The van der Waals surface area contributed by atoms with Crippen LogP contribution in [0.4, 0.5) is 0 Å². The lowest BCUT2D eigenvalue weighted by molar-refractivity contribution is 0.0726. The Morgan fingerprint density at radius 1 is 1.33 bits per heavy atom. The summed E-state index contributed by atoms with van der Waals surface area (Å²) >= 11 is 1.74. The first-order chi connectivity index (χ1) is 10.1. The lowest BCUT2D eigenvalue weighted by Crippen LogP contribution is -2.50. The van der Waals surface area contributed by atoms with Gasteiger partial charge in [-0.15, -0.1) is 11.3 Å². The van der Waals surface area contributed by atoms with E-state index >= 15 is 0 Å². The molecule has 1 unspecified atom stereocenters. The van der Waals surface area contributed by atoms with Crippen molar-refractivity contribution >= 4 is 11.3 Å². The van der Waals surface area contributed by atoms with Crippen LogP contribution in [0.2, 0.25) is 0 Å². The minimum Gasteiger partial charge on any atom is -0.295 e. The molecule has 0 spiro atoms. The molecule has 3 heterocycles. The molecule has 1 atom stereocenters. The Morgan fingerprint density at radius 3 is 2.81 bits per heavy atom. The van der Waals surface area contributed by atoms with Crippen molar-refractivity contribution in [1.82, 2.24) is 24.6 Å². The second-order valence-corrected chi connectivity index (χ2v) is 7.00. The molecule has 0 aliphatic carbocycles. The van der Waals surface area contributed by atoms with Gasteiger partial charge in [-0.1, -0.05) is 0 Å². The third-order valence-corrected chi connectivity index (χ3v) is 4.87. The molecular formula is C15H23N5S. The van der Waals surface area contributed by atoms with E-state index in [1.807, 2.05) is 17.9 Å². The van der Waals surface area contributed by atoms with Crippen molar-refractivity contribution in [2.24, 2.45) is 7.05 Å². The fourth-order valence-electron chi connectivity index (χ4n) is 2.95. The summed E-state index contributed by atoms with van der Waals surface area (Å²) in [6.07, 6.45) is 4.08. The largest absolute Gasteiger partial charge is 0.295 e. The van der Waals surface area contributed by atoms with Gasteiger partial charge in [0.1, 0.15) is 0 Å². The van der Waals surface area contributed by atoms with Crippen LogP contribution < -0.4 is 0 Å². The van der Waals surface area contributed by atoms with Crippen LogP contribution in [0.15, 0.2) is 17.8 Å². The number of hydrogen-bond acceptors (Lipinski definition) is 5. The van der Waals surface area contributed by atoms with Crippen LogP contribution in [0.5, 0.6) is 0 Å². The molecule has 6 heteroatoms. The van der Waals surface area contributed by atoms with Gasteiger partial charge in [0.25, 0.3) is 0 Å². The molecule has 2 aromatic heterocycles. The SMILES string of the molecule is Cc1nc(CN2CCN(Cc3cnn(C)c3)C(C)C2)cs1. The highest BCUT2D eigenvalue weighted by Crippen LogP contribution is 2.16. The Bertz CT molecular complexity index is 590. The van der Waals surface area contributed by atoms with E-state index in [0.717, 1.165) is 37.7 Å². The number of aryl methyl sites for hydroxylation is 2. The standard InChI is InChI=1S/C15H23N5S/c1-12-7-19(10-15-11-21-13(2)17-15)4-5-20(12)9-14-6-16-18(3)8-14/h6,8,11-12H,4-5,7,9-10H2,1-3H3. The summed E-state index contributed by atoms with van der Waals surface area (Å²) in [4.78, 5) is 9.63. The van der Waals surface area contributed by atoms with Gasteiger partial charge < -0.3 is 0 Å². The quantitative estimate of drug-likeness (QED) is 0.864. The van der Waals surface area contributed by atoms with Crippen molar-refractivity contribution in [1.29, 1.82) is 0 Å². The van der Waals surface area contributed by atoms with Crippen molar-refractivity contribution in [2.45, 2.75) is 33.0 Å². The van der Waals surface area contributed by atoms with Crippen LogP contribution >= 0.6 is 11.3 Å². The fourth-order valence-corrected chi connectivity index (χ4v) is 3.55. The summed E-state index contributed by atoms with van der Waals surface area (Å²) < 4.78 is 1.88. The fraction of sp³-hybridized carbons (Fsp3) is 0.600. The molecule has 0 saturated carbocycles. The molecule has 5 nitrogen and oxygen atoms in total. The number of thiazole rings is 1. The highest BCUT2D eigenvalue weighted by atomic mass is 32.1. The molecule has 114 valence electrons. The predicted molar refractivity (Wildman–Crippen MR) is 85.2 cm³/mol. The van der Waals surface area contributed by atoms with Crippen LogP contribution in [-0.4, -0.2) is 50.2 Å². The lowest BCUT2D eigenvalue weighted by atomic mass is 10.1. The molecule has 3 rings (SSSR count). The predicted octanol–water partition coefficient (Wildman–Crippen LogP) is 1.89. The van der Waals surface area contributed by atoms with Crippen molar-refractivity contribution < 1.29 is 0 Å². The number of piperazine rings is 1. The molecule has 1 aliphatic heterocycles. The average molecular weight is 305 g/mol. The molecule has 0 radical (unpaired) electrons. The van der Waals surface area contributed by atoms with Gasteiger partial charge in [-0.25, -0.2) is 4.98 Å². The Balaban J connectivity index is 1.54. The summed E-state index contributed by atoms with van der Waals surface area (Å²) in [6, 6.07) is 0.568. The Labute approximate surface area is 130 Å². The Morgan fingerprint density at radius 2 is 2.19 bits per heavy atom. The maximum Gasteiger partial charge on any atom is 0.0897 e. The first-order valence-corrected chi connectivity index (χ1v) is 8.33. The Kier molecular flexibility index (Phi) is 4.37. The topological polar surface area (TPSA) is 37.2 Å². The smallest absolute Gasteiger partial charge is 0.0897 e. The van der Waals surface area contributed by atoms with E-state index in [1.54, 1.807) is 11.3 Å². The van der Waals surface area contributed by atoms with Gasteiger partial charge in [0.2, 0.25) is 0 Å². The summed E-state index contributed by atoms with van der Waals surface area (Å²) in [5.74, 6) is 0. The molecule has 0 amide bonds. The molecule has 1 fully saturated rings. The summed E-state index contributed by atoms with van der Waals surface area (Å²) in [7, 11) is 1.97. The molecule has 1 saturated heterocycles. The number of hydrogen-bond donors (Lipinski definition) is 0. The van der Waals surface area contributed by atoms with E-state index in [-0.39, 0.29) is 0 Å². The van der Waals surface area contributed by atoms with Crippen LogP contribution in [0.3, 0.4) is 0 Å². The summed E-state index contributed by atoms with van der Waals surface area (Å²) in [5, 5.41) is 7.60. The maximum atomic E-state index is 4.57. The average Bonchev–Trinajstić information content (AvgIpc) is 3.02. The highest BCUT2D eigenvalue weighted by Gasteiger charge is 2.24. The molecule has 1 aliphatic rings. The van der Waals surface area contributed by atoms with Crippen LogP contribution in [0, 0.1) is 6.92 Å². The van der Waals surface area contributed by atoms with Crippen LogP contribution in [0.1, 0.15) is 23.2 Å². The van der Waals surface area contributed by atoms with Crippen molar-refractivity contribution in [3.8, 4) is 0 Å². The van der Waals surface area contributed by atoms with Gasteiger partial charge in [-0.3, -0.25) is 14.5 Å². The van der Waals surface area contributed by atoms with Crippen molar-refractivity contribution in [2.75, 3.05) is 19.6 Å². The molecule has 0 bridgehead atoms.